The van der Waals surface area contributed by atoms with Gasteiger partial charge in [-0.3, -0.25) is 4.79 Å². The van der Waals surface area contributed by atoms with E-state index < -0.39 is 0 Å². The van der Waals surface area contributed by atoms with Gasteiger partial charge >= 0.3 is 0 Å². The van der Waals surface area contributed by atoms with Crippen molar-refractivity contribution >= 4 is 41.0 Å². The predicted octanol–water partition coefficient (Wildman–Crippen LogP) is 6.01. The second kappa shape index (κ2) is 8.64. The quantitative estimate of drug-likeness (QED) is 0.510. The van der Waals surface area contributed by atoms with Crippen LogP contribution < -0.4 is 14.8 Å². The van der Waals surface area contributed by atoms with Crippen LogP contribution in [-0.2, 0) is 11.4 Å². The highest BCUT2D eigenvalue weighted by atomic mass is 35.5. The molecule has 0 fully saturated rings. The summed E-state index contributed by atoms with van der Waals surface area (Å²) < 4.78 is 11.4. The number of amides is 1. The summed E-state index contributed by atoms with van der Waals surface area (Å²) in [6, 6.07) is 21.1. The van der Waals surface area contributed by atoms with E-state index in [4.69, 9.17) is 21.1 Å². The molecule has 1 amide bonds. The van der Waals surface area contributed by atoms with E-state index in [9.17, 15) is 4.79 Å². The molecule has 4 nitrogen and oxygen atoms in total. The van der Waals surface area contributed by atoms with Crippen molar-refractivity contribution in [1.82, 2.24) is 0 Å². The first-order valence-corrected chi connectivity index (χ1v) is 10.2. The molecule has 0 saturated heterocycles. The highest BCUT2D eigenvalue weighted by Gasteiger charge is 2.21. The molecule has 0 unspecified atom stereocenters. The smallest absolute Gasteiger partial charge is 0.262 e. The van der Waals surface area contributed by atoms with Gasteiger partial charge < -0.3 is 14.8 Å². The first kappa shape index (κ1) is 19.4. The fraction of sp³-hybridized carbons (Fsp3) is 0.0870. The lowest BCUT2D eigenvalue weighted by atomic mass is 10.1. The molecular weight excluding hydrogens is 406 g/mol. The van der Waals surface area contributed by atoms with Gasteiger partial charge in [0.1, 0.15) is 6.61 Å². The number of anilines is 1. The molecule has 6 heteroatoms. The maximum Gasteiger partial charge on any atom is 0.262 e. The molecule has 0 saturated carbocycles. The second-order valence-electron chi connectivity index (χ2n) is 6.37. The normalized spacial score (nSPS) is 14.3. The molecular formula is C23H18ClNO3S. The minimum atomic E-state index is -0.145. The van der Waals surface area contributed by atoms with Gasteiger partial charge in [0, 0.05) is 4.90 Å². The maximum absolute atomic E-state index is 12.4. The van der Waals surface area contributed by atoms with Crippen LogP contribution in [0.4, 0.5) is 5.69 Å². The molecule has 0 aliphatic carbocycles. The Hall–Kier alpha value is -2.89. The van der Waals surface area contributed by atoms with E-state index in [0.717, 1.165) is 21.7 Å². The van der Waals surface area contributed by atoms with Gasteiger partial charge in [-0.15, -0.1) is 0 Å². The van der Waals surface area contributed by atoms with Gasteiger partial charge in [0.25, 0.3) is 5.91 Å². The van der Waals surface area contributed by atoms with E-state index in [1.807, 2.05) is 60.7 Å². The highest BCUT2D eigenvalue weighted by molar-refractivity contribution is 8.04. The number of ether oxygens (including phenoxy) is 2. The zero-order chi connectivity index (χ0) is 20.2. The highest BCUT2D eigenvalue weighted by Crippen LogP contribution is 2.41. The van der Waals surface area contributed by atoms with Crippen LogP contribution in [0.3, 0.4) is 0 Å². The molecule has 1 N–H and O–H groups in total. The predicted molar refractivity (Wildman–Crippen MR) is 118 cm³/mol. The Bertz CT molecular complexity index is 1080. The fourth-order valence-corrected chi connectivity index (χ4v) is 4.17. The van der Waals surface area contributed by atoms with Gasteiger partial charge in [-0.25, -0.2) is 0 Å². The first-order chi connectivity index (χ1) is 14.1. The molecule has 0 bridgehead atoms. The van der Waals surface area contributed by atoms with Crippen molar-refractivity contribution in [2.45, 2.75) is 11.5 Å². The van der Waals surface area contributed by atoms with Gasteiger partial charge in [0.15, 0.2) is 11.5 Å². The van der Waals surface area contributed by atoms with E-state index in [2.05, 4.69) is 5.32 Å². The number of fused-ring (bicyclic) bond motifs is 1. The van der Waals surface area contributed by atoms with Crippen LogP contribution in [0.15, 0.2) is 76.5 Å². The maximum atomic E-state index is 12.4. The molecule has 0 spiro atoms. The minimum Gasteiger partial charge on any atom is -0.493 e. The van der Waals surface area contributed by atoms with Crippen LogP contribution in [0, 0.1) is 0 Å². The average molecular weight is 424 g/mol. The van der Waals surface area contributed by atoms with E-state index in [1.165, 1.54) is 11.8 Å². The number of halogens is 1. The molecule has 1 aliphatic rings. The number of para-hydroxylation sites is 1. The van der Waals surface area contributed by atoms with Crippen LogP contribution in [-0.4, -0.2) is 13.0 Å². The standard InChI is InChI=1S/C23H18ClNO3S/c1-27-19-12-16(11-17(24)22(19)28-14-15-7-3-2-4-8-15)13-21-23(26)25-18-9-5-6-10-20(18)29-21/h2-13H,14H2,1H3,(H,25,26)/b21-13-. The first-order valence-electron chi connectivity index (χ1n) is 8.98. The van der Waals surface area contributed by atoms with Crippen molar-refractivity contribution in [3.8, 4) is 11.5 Å². The molecule has 3 aromatic rings. The van der Waals surface area contributed by atoms with Crippen LogP contribution >= 0.6 is 23.4 Å². The van der Waals surface area contributed by atoms with Gasteiger partial charge in [0.2, 0.25) is 0 Å². The van der Waals surface area contributed by atoms with Gasteiger partial charge in [-0.05, 0) is 41.5 Å². The Morgan fingerprint density at radius 2 is 1.83 bits per heavy atom. The number of methoxy groups -OCH3 is 1. The third-order valence-electron chi connectivity index (χ3n) is 4.35. The summed E-state index contributed by atoms with van der Waals surface area (Å²) in [6.45, 7) is 0.381. The van der Waals surface area contributed by atoms with Crippen molar-refractivity contribution in [2.75, 3.05) is 12.4 Å². The van der Waals surface area contributed by atoms with Crippen LogP contribution in [0.1, 0.15) is 11.1 Å². The van der Waals surface area contributed by atoms with Crippen molar-refractivity contribution in [3.63, 3.8) is 0 Å². The summed E-state index contributed by atoms with van der Waals surface area (Å²) in [5, 5.41) is 3.33. The van der Waals surface area contributed by atoms with E-state index >= 15 is 0 Å². The zero-order valence-corrected chi connectivity index (χ0v) is 17.2. The van der Waals surface area contributed by atoms with Crippen molar-refractivity contribution < 1.29 is 14.3 Å². The summed E-state index contributed by atoms with van der Waals surface area (Å²) in [5.41, 5.74) is 2.61. The Balaban J connectivity index is 1.60. The van der Waals surface area contributed by atoms with Crippen molar-refractivity contribution in [2.24, 2.45) is 0 Å². The molecule has 0 radical (unpaired) electrons. The lowest BCUT2D eigenvalue weighted by Gasteiger charge is -2.18. The molecule has 4 rings (SSSR count). The topological polar surface area (TPSA) is 47.6 Å². The third kappa shape index (κ3) is 4.42. The molecule has 29 heavy (non-hydrogen) atoms. The number of thioether (sulfide) groups is 1. The Kier molecular flexibility index (Phi) is 5.79. The Morgan fingerprint density at radius 3 is 2.62 bits per heavy atom. The van der Waals surface area contributed by atoms with Gasteiger partial charge in [-0.1, -0.05) is 65.8 Å². The lowest BCUT2D eigenvalue weighted by Crippen LogP contribution is -2.17. The van der Waals surface area contributed by atoms with E-state index in [-0.39, 0.29) is 5.91 Å². The molecule has 1 heterocycles. The summed E-state index contributed by atoms with van der Waals surface area (Å²) >= 11 is 7.90. The Labute approximate surface area is 178 Å². The SMILES string of the molecule is COc1cc(/C=C2\Sc3ccccc3NC2=O)cc(Cl)c1OCc1ccccc1. The molecule has 1 aliphatic heterocycles. The van der Waals surface area contributed by atoms with Crippen LogP contribution in [0.2, 0.25) is 5.02 Å². The summed E-state index contributed by atoms with van der Waals surface area (Å²) in [5.74, 6) is 0.848. The number of rotatable bonds is 5. The monoisotopic (exact) mass is 423 g/mol. The average Bonchev–Trinajstić information content (AvgIpc) is 2.74. The molecule has 0 atom stereocenters. The number of hydrogen-bond acceptors (Lipinski definition) is 4. The van der Waals surface area contributed by atoms with Crippen molar-refractivity contribution in [1.29, 1.82) is 0 Å². The largest absolute Gasteiger partial charge is 0.493 e. The van der Waals surface area contributed by atoms with E-state index in [0.29, 0.717) is 28.0 Å². The van der Waals surface area contributed by atoms with Crippen molar-refractivity contribution in [3.05, 3.63) is 87.8 Å². The number of carbonyl (C=O) groups is 1. The molecule has 3 aromatic carbocycles. The zero-order valence-electron chi connectivity index (χ0n) is 15.6. The molecule has 0 aromatic heterocycles. The summed E-state index contributed by atoms with van der Waals surface area (Å²) in [7, 11) is 1.57. The second-order valence-corrected chi connectivity index (χ2v) is 7.86. The molecule has 146 valence electrons. The summed E-state index contributed by atoms with van der Waals surface area (Å²) in [4.78, 5) is 14.0. The number of benzene rings is 3. The number of nitrogens with one attached hydrogen (secondary N) is 1. The van der Waals surface area contributed by atoms with Crippen LogP contribution in [0.25, 0.3) is 6.08 Å². The number of carbonyl (C=O) groups excluding carboxylic acids is 1. The minimum absolute atomic E-state index is 0.145. The fourth-order valence-electron chi connectivity index (χ4n) is 2.95. The van der Waals surface area contributed by atoms with E-state index in [1.54, 1.807) is 19.3 Å². The lowest BCUT2D eigenvalue weighted by molar-refractivity contribution is -0.112. The Morgan fingerprint density at radius 1 is 1.07 bits per heavy atom. The van der Waals surface area contributed by atoms with Gasteiger partial charge in [0.05, 0.1) is 22.7 Å². The summed E-state index contributed by atoms with van der Waals surface area (Å²) in [6.07, 6.45) is 1.80. The third-order valence-corrected chi connectivity index (χ3v) is 5.73. The number of hydrogen-bond donors (Lipinski definition) is 1. The van der Waals surface area contributed by atoms with Gasteiger partial charge in [-0.2, -0.15) is 0 Å². The van der Waals surface area contributed by atoms with Crippen LogP contribution in [0.5, 0.6) is 11.5 Å².